The predicted molar refractivity (Wildman–Crippen MR) is 47.8 cm³/mol. The highest BCUT2D eigenvalue weighted by molar-refractivity contribution is 6.07. The first-order valence-electron chi connectivity index (χ1n) is 4.24. The van der Waals surface area contributed by atoms with E-state index in [1.807, 2.05) is 19.1 Å². The summed E-state index contributed by atoms with van der Waals surface area (Å²) in [6.07, 6.45) is 5.89. The number of ether oxygens (including phenoxy) is 1. The van der Waals surface area contributed by atoms with Crippen molar-refractivity contribution < 1.29 is 14.3 Å². The van der Waals surface area contributed by atoms with Crippen LogP contribution >= 0.6 is 0 Å². The second kappa shape index (κ2) is 4.03. The molecule has 0 saturated carbocycles. The summed E-state index contributed by atoms with van der Waals surface area (Å²) >= 11 is 0. The summed E-state index contributed by atoms with van der Waals surface area (Å²) < 4.78 is 4.49. The van der Waals surface area contributed by atoms with Crippen LogP contribution in [0.1, 0.15) is 20.3 Å². The van der Waals surface area contributed by atoms with E-state index >= 15 is 0 Å². The van der Waals surface area contributed by atoms with Crippen LogP contribution in [0.25, 0.3) is 0 Å². The van der Waals surface area contributed by atoms with Gasteiger partial charge < -0.3 is 4.74 Å². The van der Waals surface area contributed by atoms with Gasteiger partial charge in [-0.05, 0) is 20.3 Å². The molecule has 0 bridgehead atoms. The second-order valence-corrected chi connectivity index (χ2v) is 2.81. The van der Waals surface area contributed by atoms with Gasteiger partial charge in [-0.1, -0.05) is 18.2 Å². The van der Waals surface area contributed by atoms with Gasteiger partial charge in [-0.15, -0.1) is 0 Å². The second-order valence-electron chi connectivity index (χ2n) is 2.81. The van der Waals surface area contributed by atoms with E-state index in [0.29, 0.717) is 12.0 Å². The van der Waals surface area contributed by atoms with Gasteiger partial charge in [-0.3, -0.25) is 4.79 Å². The molecule has 3 heteroatoms. The summed E-state index contributed by atoms with van der Waals surface area (Å²) in [6, 6.07) is 0. The molecule has 0 spiro atoms. The standard InChI is InChI=1S/C10H12O3/c1-3-5-6-8-7(4-2)9(11)13-10(8)12/h3-5,8H,6H2,1-2H3. The molecule has 13 heavy (non-hydrogen) atoms. The number of carbonyl (C=O) groups is 2. The SMILES string of the molecule is CC=CCC1C(=O)OC(=O)C1=CC. The Morgan fingerprint density at radius 2 is 2.08 bits per heavy atom. The highest BCUT2D eigenvalue weighted by Crippen LogP contribution is 2.25. The van der Waals surface area contributed by atoms with Crippen molar-refractivity contribution >= 4 is 11.9 Å². The summed E-state index contributed by atoms with van der Waals surface area (Å²) in [5.74, 6) is -1.33. The lowest BCUT2D eigenvalue weighted by molar-refractivity contribution is -0.152. The predicted octanol–water partition coefficient (Wildman–Crippen LogP) is 1.60. The summed E-state index contributed by atoms with van der Waals surface area (Å²) in [5, 5.41) is 0. The van der Waals surface area contributed by atoms with Crippen LogP contribution in [0, 0.1) is 5.92 Å². The molecule has 1 rings (SSSR count). The van der Waals surface area contributed by atoms with Gasteiger partial charge in [0.2, 0.25) is 0 Å². The minimum Gasteiger partial charge on any atom is -0.389 e. The Bertz CT molecular complexity index is 287. The van der Waals surface area contributed by atoms with Crippen LogP contribution in [0.3, 0.4) is 0 Å². The molecular formula is C10H12O3. The molecule has 0 aliphatic carbocycles. The number of hydrogen-bond donors (Lipinski definition) is 0. The molecular weight excluding hydrogens is 168 g/mol. The van der Waals surface area contributed by atoms with Crippen LogP contribution in [0.4, 0.5) is 0 Å². The molecule has 1 heterocycles. The van der Waals surface area contributed by atoms with Gasteiger partial charge in [0.25, 0.3) is 0 Å². The minimum atomic E-state index is -0.498. The molecule has 1 unspecified atom stereocenters. The topological polar surface area (TPSA) is 43.4 Å². The first-order chi connectivity index (χ1) is 6.20. The highest BCUT2D eigenvalue weighted by atomic mass is 16.6. The molecule has 0 aromatic carbocycles. The van der Waals surface area contributed by atoms with E-state index in [2.05, 4.69) is 4.74 Å². The average molecular weight is 180 g/mol. The van der Waals surface area contributed by atoms with Crippen molar-refractivity contribution in [2.45, 2.75) is 20.3 Å². The molecule has 0 aromatic rings. The fourth-order valence-electron chi connectivity index (χ4n) is 1.31. The molecule has 0 aromatic heterocycles. The molecule has 3 nitrogen and oxygen atoms in total. The largest absolute Gasteiger partial charge is 0.389 e. The van der Waals surface area contributed by atoms with Crippen LogP contribution in [0.2, 0.25) is 0 Å². The van der Waals surface area contributed by atoms with Gasteiger partial charge in [0, 0.05) is 5.57 Å². The Labute approximate surface area is 77.1 Å². The van der Waals surface area contributed by atoms with Gasteiger partial charge in [-0.25, -0.2) is 4.79 Å². The third kappa shape index (κ3) is 1.86. The molecule has 1 fully saturated rings. The average Bonchev–Trinajstić information content (AvgIpc) is 2.37. The highest BCUT2D eigenvalue weighted by Gasteiger charge is 2.37. The fourth-order valence-corrected chi connectivity index (χ4v) is 1.31. The number of rotatable bonds is 2. The Morgan fingerprint density at radius 3 is 2.62 bits per heavy atom. The maximum Gasteiger partial charge on any atom is 0.342 e. The van der Waals surface area contributed by atoms with Gasteiger partial charge in [-0.2, -0.15) is 0 Å². The number of cyclic esters (lactones) is 2. The van der Waals surface area contributed by atoms with E-state index in [4.69, 9.17) is 0 Å². The molecule has 1 saturated heterocycles. The van der Waals surface area contributed by atoms with Crippen molar-refractivity contribution in [1.82, 2.24) is 0 Å². The zero-order chi connectivity index (χ0) is 9.84. The van der Waals surface area contributed by atoms with Gasteiger partial charge in [0.1, 0.15) is 0 Å². The normalized spacial score (nSPS) is 26.0. The number of allylic oxidation sites excluding steroid dienone is 3. The first-order valence-corrected chi connectivity index (χ1v) is 4.24. The smallest absolute Gasteiger partial charge is 0.342 e. The van der Waals surface area contributed by atoms with E-state index in [-0.39, 0.29) is 0 Å². The lowest BCUT2D eigenvalue weighted by atomic mass is 9.98. The summed E-state index contributed by atoms with van der Waals surface area (Å²) in [4.78, 5) is 22.2. The Hall–Kier alpha value is -1.38. The molecule has 70 valence electrons. The zero-order valence-corrected chi connectivity index (χ0v) is 7.74. The van der Waals surface area contributed by atoms with Gasteiger partial charge in [0.05, 0.1) is 5.92 Å². The van der Waals surface area contributed by atoms with E-state index < -0.39 is 17.9 Å². The van der Waals surface area contributed by atoms with Crippen molar-refractivity contribution in [3.05, 3.63) is 23.8 Å². The van der Waals surface area contributed by atoms with Crippen LogP contribution in [-0.2, 0) is 14.3 Å². The van der Waals surface area contributed by atoms with Crippen molar-refractivity contribution in [2.75, 3.05) is 0 Å². The van der Waals surface area contributed by atoms with E-state index in [1.54, 1.807) is 13.0 Å². The number of carbonyl (C=O) groups excluding carboxylic acids is 2. The maximum absolute atomic E-state index is 11.1. The lowest BCUT2D eigenvalue weighted by Crippen LogP contribution is -2.07. The fraction of sp³-hybridized carbons (Fsp3) is 0.400. The monoisotopic (exact) mass is 180 g/mol. The van der Waals surface area contributed by atoms with Crippen LogP contribution in [0.5, 0.6) is 0 Å². The van der Waals surface area contributed by atoms with Crippen molar-refractivity contribution in [3.8, 4) is 0 Å². The van der Waals surface area contributed by atoms with Crippen LogP contribution in [-0.4, -0.2) is 11.9 Å². The third-order valence-electron chi connectivity index (χ3n) is 2.01. The molecule has 1 aliphatic rings. The Kier molecular flexibility index (Phi) is 3.01. The maximum atomic E-state index is 11.1. The molecule has 1 atom stereocenters. The van der Waals surface area contributed by atoms with Crippen molar-refractivity contribution in [3.63, 3.8) is 0 Å². The van der Waals surface area contributed by atoms with Gasteiger partial charge in [0.15, 0.2) is 0 Å². The van der Waals surface area contributed by atoms with Crippen molar-refractivity contribution in [2.24, 2.45) is 5.92 Å². The molecule has 1 aliphatic heterocycles. The van der Waals surface area contributed by atoms with Crippen LogP contribution < -0.4 is 0 Å². The van der Waals surface area contributed by atoms with Gasteiger partial charge >= 0.3 is 11.9 Å². The van der Waals surface area contributed by atoms with E-state index in [1.165, 1.54) is 0 Å². The zero-order valence-electron chi connectivity index (χ0n) is 7.74. The third-order valence-corrected chi connectivity index (χ3v) is 2.01. The molecule has 0 amide bonds. The molecule has 0 N–H and O–H groups in total. The molecule has 0 radical (unpaired) electrons. The summed E-state index contributed by atoms with van der Waals surface area (Å²) in [6.45, 7) is 3.61. The Balaban J connectivity index is 2.81. The van der Waals surface area contributed by atoms with Crippen molar-refractivity contribution in [1.29, 1.82) is 0 Å². The number of esters is 2. The van der Waals surface area contributed by atoms with Crippen LogP contribution in [0.15, 0.2) is 23.8 Å². The lowest BCUT2D eigenvalue weighted by Gasteiger charge is -2.00. The van der Waals surface area contributed by atoms with E-state index in [9.17, 15) is 9.59 Å². The summed E-state index contributed by atoms with van der Waals surface area (Å²) in [5.41, 5.74) is 0.475. The minimum absolute atomic E-state index is 0.395. The first kappa shape index (κ1) is 9.71. The summed E-state index contributed by atoms with van der Waals surface area (Å²) in [7, 11) is 0. The number of hydrogen-bond acceptors (Lipinski definition) is 3. The van der Waals surface area contributed by atoms with E-state index in [0.717, 1.165) is 0 Å². The Morgan fingerprint density at radius 1 is 1.38 bits per heavy atom. The quantitative estimate of drug-likeness (QED) is 0.280.